The summed E-state index contributed by atoms with van der Waals surface area (Å²) in [6, 6.07) is 10.9. The number of aryl methyl sites for hydroxylation is 1. The van der Waals surface area contributed by atoms with E-state index in [1.807, 2.05) is 19.4 Å². The van der Waals surface area contributed by atoms with E-state index in [0.717, 1.165) is 12.4 Å². The minimum atomic E-state index is 0.112. The van der Waals surface area contributed by atoms with E-state index >= 15 is 0 Å². The fraction of sp³-hybridized carbons (Fsp3) is 0.438. The lowest BCUT2D eigenvalue weighted by atomic mass is 9.84. The number of benzene rings is 1. The van der Waals surface area contributed by atoms with E-state index in [4.69, 9.17) is 0 Å². The van der Waals surface area contributed by atoms with Gasteiger partial charge in [-0.15, -0.1) is 0 Å². The molecule has 0 saturated heterocycles. The first-order chi connectivity index (χ1) is 9.00. The quantitative estimate of drug-likeness (QED) is 0.892. The van der Waals surface area contributed by atoms with Gasteiger partial charge in [-0.05, 0) is 12.5 Å². The van der Waals surface area contributed by atoms with Crippen LogP contribution in [-0.2, 0) is 12.5 Å². The van der Waals surface area contributed by atoms with Crippen LogP contribution < -0.4 is 5.32 Å². The average molecular weight is 257 g/mol. The standard InChI is InChI=1S/C16H23N3/c1-13(15-17-10-11-19(15)4)18-12-16(2,3)14-8-6-5-7-9-14/h5-11,13,18H,12H2,1-4H3. The van der Waals surface area contributed by atoms with Crippen molar-refractivity contribution in [3.63, 3.8) is 0 Å². The van der Waals surface area contributed by atoms with Crippen molar-refractivity contribution in [2.45, 2.75) is 32.2 Å². The number of rotatable bonds is 5. The average Bonchev–Trinajstić information content (AvgIpc) is 2.83. The molecule has 0 saturated carbocycles. The summed E-state index contributed by atoms with van der Waals surface area (Å²) in [5.74, 6) is 1.07. The van der Waals surface area contributed by atoms with Gasteiger partial charge < -0.3 is 9.88 Å². The zero-order valence-electron chi connectivity index (χ0n) is 12.2. The first kappa shape index (κ1) is 13.8. The largest absolute Gasteiger partial charge is 0.337 e. The van der Waals surface area contributed by atoms with Crippen LogP contribution in [0.4, 0.5) is 0 Å². The highest BCUT2D eigenvalue weighted by molar-refractivity contribution is 5.24. The smallest absolute Gasteiger partial charge is 0.125 e. The van der Waals surface area contributed by atoms with Crippen LogP contribution in [0.2, 0.25) is 0 Å². The molecule has 1 heterocycles. The van der Waals surface area contributed by atoms with Crippen LogP contribution in [0.1, 0.15) is 38.2 Å². The molecule has 3 nitrogen and oxygen atoms in total. The van der Waals surface area contributed by atoms with Gasteiger partial charge >= 0.3 is 0 Å². The second-order valence-electron chi connectivity index (χ2n) is 5.75. The first-order valence-electron chi connectivity index (χ1n) is 6.77. The van der Waals surface area contributed by atoms with E-state index < -0.39 is 0 Å². The van der Waals surface area contributed by atoms with Crippen LogP contribution in [0.25, 0.3) is 0 Å². The third-order valence-electron chi connectivity index (χ3n) is 3.65. The lowest BCUT2D eigenvalue weighted by molar-refractivity contribution is 0.423. The van der Waals surface area contributed by atoms with E-state index in [9.17, 15) is 0 Å². The molecule has 1 aromatic carbocycles. The maximum atomic E-state index is 4.39. The SMILES string of the molecule is CC(NCC(C)(C)c1ccccc1)c1nccn1C. The summed E-state index contributed by atoms with van der Waals surface area (Å²) in [4.78, 5) is 4.39. The van der Waals surface area contributed by atoms with Gasteiger partial charge in [0.2, 0.25) is 0 Å². The minimum absolute atomic E-state index is 0.112. The molecule has 0 aliphatic carbocycles. The van der Waals surface area contributed by atoms with Gasteiger partial charge in [0.15, 0.2) is 0 Å². The summed E-state index contributed by atoms with van der Waals surface area (Å²) in [6.07, 6.45) is 3.83. The fourth-order valence-corrected chi connectivity index (χ4v) is 2.29. The predicted octanol–water partition coefficient (Wildman–Crippen LogP) is 3.05. The van der Waals surface area contributed by atoms with E-state index in [1.54, 1.807) is 0 Å². The second-order valence-corrected chi connectivity index (χ2v) is 5.75. The van der Waals surface area contributed by atoms with Gasteiger partial charge in [0.05, 0.1) is 6.04 Å². The van der Waals surface area contributed by atoms with Crippen molar-refractivity contribution < 1.29 is 0 Å². The highest BCUT2D eigenvalue weighted by Gasteiger charge is 2.21. The first-order valence-corrected chi connectivity index (χ1v) is 6.77. The van der Waals surface area contributed by atoms with Crippen molar-refractivity contribution in [1.82, 2.24) is 14.9 Å². The molecule has 0 fully saturated rings. The van der Waals surface area contributed by atoms with Gasteiger partial charge in [-0.3, -0.25) is 0 Å². The summed E-state index contributed by atoms with van der Waals surface area (Å²) < 4.78 is 2.06. The van der Waals surface area contributed by atoms with Crippen LogP contribution in [-0.4, -0.2) is 16.1 Å². The second kappa shape index (κ2) is 5.57. The molecule has 19 heavy (non-hydrogen) atoms. The van der Waals surface area contributed by atoms with Crippen LogP contribution in [0.3, 0.4) is 0 Å². The fourth-order valence-electron chi connectivity index (χ4n) is 2.29. The van der Waals surface area contributed by atoms with Crippen molar-refractivity contribution in [2.75, 3.05) is 6.54 Å². The van der Waals surface area contributed by atoms with Crippen LogP contribution in [0.15, 0.2) is 42.7 Å². The monoisotopic (exact) mass is 257 g/mol. The maximum absolute atomic E-state index is 4.39. The summed E-state index contributed by atoms with van der Waals surface area (Å²) >= 11 is 0. The molecular weight excluding hydrogens is 234 g/mol. The van der Waals surface area contributed by atoms with Gasteiger partial charge in [0.25, 0.3) is 0 Å². The molecule has 1 unspecified atom stereocenters. The van der Waals surface area contributed by atoms with Gasteiger partial charge in [0, 0.05) is 31.4 Å². The Kier molecular flexibility index (Phi) is 4.05. The molecule has 102 valence electrons. The summed E-state index contributed by atoms with van der Waals surface area (Å²) in [5, 5.41) is 3.58. The van der Waals surface area contributed by atoms with Crippen molar-refractivity contribution in [2.24, 2.45) is 7.05 Å². The Morgan fingerprint density at radius 1 is 1.26 bits per heavy atom. The highest BCUT2D eigenvalue weighted by Crippen LogP contribution is 2.23. The molecule has 0 aliphatic heterocycles. The Balaban J connectivity index is 2.00. The number of nitrogens with zero attached hydrogens (tertiary/aromatic N) is 2. The Hall–Kier alpha value is -1.61. The molecule has 3 heteroatoms. The van der Waals surface area contributed by atoms with Gasteiger partial charge in [0.1, 0.15) is 5.82 Å². The lowest BCUT2D eigenvalue weighted by Gasteiger charge is -2.27. The molecular formula is C16H23N3. The Bertz CT molecular complexity index is 514. The van der Waals surface area contributed by atoms with Crippen LogP contribution in [0, 0.1) is 0 Å². The number of imidazole rings is 1. The Morgan fingerprint density at radius 3 is 2.53 bits per heavy atom. The maximum Gasteiger partial charge on any atom is 0.125 e. The van der Waals surface area contributed by atoms with Crippen molar-refractivity contribution in [1.29, 1.82) is 0 Å². The van der Waals surface area contributed by atoms with E-state index in [0.29, 0.717) is 0 Å². The number of hydrogen-bond acceptors (Lipinski definition) is 2. The zero-order chi connectivity index (χ0) is 13.9. The molecule has 2 rings (SSSR count). The molecule has 1 atom stereocenters. The molecule has 1 aromatic heterocycles. The molecule has 1 N–H and O–H groups in total. The van der Waals surface area contributed by atoms with Gasteiger partial charge in [-0.1, -0.05) is 44.2 Å². The van der Waals surface area contributed by atoms with Gasteiger partial charge in [-0.2, -0.15) is 0 Å². The molecule has 0 amide bonds. The third-order valence-corrected chi connectivity index (χ3v) is 3.65. The molecule has 0 aliphatic rings. The number of nitrogens with one attached hydrogen (secondary N) is 1. The molecule has 2 aromatic rings. The lowest BCUT2D eigenvalue weighted by Crippen LogP contribution is -2.35. The Morgan fingerprint density at radius 2 is 1.95 bits per heavy atom. The van der Waals surface area contributed by atoms with E-state index in [1.165, 1.54) is 5.56 Å². The van der Waals surface area contributed by atoms with Crippen LogP contribution in [0.5, 0.6) is 0 Å². The van der Waals surface area contributed by atoms with E-state index in [2.05, 4.69) is 66.0 Å². The predicted molar refractivity (Wildman–Crippen MR) is 79.1 cm³/mol. The van der Waals surface area contributed by atoms with E-state index in [-0.39, 0.29) is 11.5 Å². The van der Waals surface area contributed by atoms with Crippen molar-refractivity contribution in [3.8, 4) is 0 Å². The summed E-state index contributed by atoms with van der Waals surface area (Å²) in [6.45, 7) is 7.61. The third kappa shape index (κ3) is 3.24. The zero-order valence-corrected chi connectivity index (χ0v) is 12.2. The number of hydrogen-bond donors (Lipinski definition) is 1. The highest BCUT2D eigenvalue weighted by atomic mass is 15.1. The van der Waals surface area contributed by atoms with Crippen molar-refractivity contribution in [3.05, 3.63) is 54.1 Å². The van der Waals surface area contributed by atoms with Crippen LogP contribution >= 0.6 is 0 Å². The summed E-state index contributed by atoms with van der Waals surface area (Å²) in [7, 11) is 2.03. The Labute approximate surface area is 115 Å². The number of aromatic nitrogens is 2. The van der Waals surface area contributed by atoms with Crippen molar-refractivity contribution >= 4 is 0 Å². The summed E-state index contributed by atoms with van der Waals surface area (Å²) in [5.41, 5.74) is 1.47. The normalized spacial score (nSPS) is 13.5. The van der Waals surface area contributed by atoms with Gasteiger partial charge in [-0.25, -0.2) is 4.98 Å². The minimum Gasteiger partial charge on any atom is -0.337 e. The molecule has 0 radical (unpaired) electrons. The molecule has 0 bridgehead atoms. The topological polar surface area (TPSA) is 29.9 Å². The molecule has 0 spiro atoms.